The molecule has 0 spiro atoms. The van der Waals surface area contributed by atoms with Crippen LogP contribution in [0.5, 0.6) is 0 Å². The molecule has 0 bridgehead atoms. The van der Waals surface area contributed by atoms with Gasteiger partial charge in [0.25, 0.3) is 0 Å². The van der Waals surface area contributed by atoms with E-state index >= 15 is 0 Å². The Labute approximate surface area is 242 Å². The van der Waals surface area contributed by atoms with E-state index in [0.29, 0.717) is 0 Å². The summed E-state index contributed by atoms with van der Waals surface area (Å²) in [6.07, 6.45) is 0. The number of thiophene rings is 1. The minimum atomic E-state index is 0.749. The van der Waals surface area contributed by atoms with Crippen LogP contribution in [0.25, 0.3) is 76.0 Å². The first kappa shape index (κ1) is 23.7. The Morgan fingerprint density at radius 1 is 0.415 bits per heavy atom. The van der Waals surface area contributed by atoms with Crippen LogP contribution >= 0.6 is 11.3 Å². The lowest BCUT2D eigenvalue weighted by molar-refractivity contribution is 1.23. The van der Waals surface area contributed by atoms with Crippen molar-refractivity contribution in [1.82, 2.24) is 9.97 Å². The molecule has 0 amide bonds. The smallest absolute Gasteiger partial charge is 0.161 e. The first-order valence-corrected chi connectivity index (χ1v) is 14.6. The molecule has 0 aliphatic carbocycles. The molecule has 0 atom stereocenters. The Bertz CT molecular complexity index is 2180. The fourth-order valence-corrected chi connectivity index (χ4v) is 6.87. The molecule has 0 aliphatic rings. The van der Waals surface area contributed by atoms with Crippen molar-refractivity contribution in [2.24, 2.45) is 0 Å². The molecule has 6 aromatic carbocycles. The monoisotopic (exact) mass is 540 g/mol. The van der Waals surface area contributed by atoms with Crippen molar-refractivity contribution in [3.63, 3.8) is 0 Å². The summed E-state index contributed by atoms with van der Waals surface area (Å²) in [5.41, 5.74) is 8.82. The maximum atomic E-state index is 5.26. The second-order valence-corrected chi connectivity index (χ2v) is 11.3. The van der Waals surface area contributed by atoms with Gasteiger partial charge in [-0.15, -0.1) is 11.3 Å². The molecule has 2 aromatic heterocycles. The van der Waals surface area contributed by atoms with Crippen molar-refractivity contribution < 1.29 is 0 Å². The molecule has 0 radical (unpaired) electrons. The Morgan fingerprint density at radius 2 is 1.00 bits per heavy atom. The molecule has 0 aliphatic heterocycles. The molecule has 41 heavy (non-hydrogen) atoms. The highest BCUT2D eigenvalue weighted by Gasteiger charge is 2.18. The zero-order valence-corrected chi connectivity index (χ0v) is 23.0. The van der Waals surface area contributed by atoms with E-state index in [2.05, 4.69) is 133 Å². The predicted octanol–water partition coefficient (Wildman–Crippen LogP) is 10.7. The topological polar surface area (TPSA) is 25.8 Å². The molecular formula is C38H24N2S. The Balaban J connectivity index is 1.38. The summed E-state index contributed by atoms with van der Waals surface area (Å²) in [6.45, 7) is 0. The van der Waals surface area contributed by atoms with E-state index in [1.54, 1.807) is 0 Å². The summed E-state index contributed by atoms with van der Waals surface area (Å²) < 4.78 is 2.51. The molecule has 192 valence electrons. The molecule has 0 saturated carbocycles. The van der Waals surface area contributed by atoms with Crippen LogP contribution in [0.1, 0.15) is 0 Å². The van der Waals surface area contributed by atoms with Crippen LogP contribution in [0.2, 0.25) is 0 Å². The van der Waals surface area contributed by atoms with Gasteiger partial charge >= 0.3 is 0 Å². The lowest BCUT2D eigenvalue weighted by atomic mass is 9.96. The highest BCUT2D eigenvalue weighted by Crippen LogP contribution is 2.43. The lowest BCUT2D eigenvalue weighted by Gasteiger charge is -2.12. The number of benzene rings is 6. The van der Waals surface area contributed by atoms with Gasteiger partial charge in [0.2, 0.25) is 0 Å². The van der Waals surface area contributed by atoms with Gasteiger partial charge in [-0.25, -0.2) is 9.97 Å². The second kappa shape index (κ2) is 9.81. The molecule has 8 rings (SSSR count). The highest BCUT2D eigenvalue weighted by atomic mass is 32.1. The Hall–Kier alpha value is -5.12. The number of rotatable bonds is 4. The van der Waals surface area contributed by atoms with Gasteiger partial charge in [0.05, 0.1) is 11.2 Å². The van der Waals surface area contributed by atoms with E-state index in [9.17, 15) is 0 Å². The SMILES string of the molecule is c1ccc(-c2ccc(-c3cc(-c4nc(-c5ccccc5)c5ccccc5n4)c4c(c3)sc3ccccc34)cc2)cc1. The van der Waals surface area contributed by atoms with Gasteiger partial charge in [0.1, 0.15) is 0 Å². The molecular weight excluding hydrogens is 516 g/mol. The van der Waals surface area contributed by atoms with Crippen molar-refractivity contribution in [3.8, 4) is 44.9 Å². The minimum Gasteiger partial charge on any atom is -0.228 e. The molecule has 2 heterocycles. The maximum Gasteiger partial charge on any atom is 0.161 e. The number of hydrogen-bond donors (Lipinski definition) is 0. The Morgan fingerprint density at radius 3 is 1.76 bits per heavy atom. The van der Waals surface area contributed by atoms with Gasteiger partial charge in [-0.1, -0.05) is 121 Å². The van der Waals surface area contributed by atoms with Crippen molar-refractivity contribution in [2.45, 2.75) is 0 Å². The van der Waals surface area contributed by atoms with Gasteiger partial charge in [-0.2, -0.15) is 0 Å². The van der Waals surface area contributed by atoms with E-state index in [1.807, 2.05) is 23.5 Å². The molecule has 0 fully saturated rings. The zero-order valence-electron chi connectivity index (χ0n) is 22.2. The van der Waals surface area contributed by atoms with Crippen LogP contribution in [0, 0.1) is 0 Å². The largest absolute Gasteiger partial charge is 0.228 e. The van der Waals surface area contributed by atoms with Gasteiger partial charge < -0.3 is 0 Å². The summed E-state index contributed by atoms with van der Waals surface area (Å²) in [5, 5.41) is 3.51. The fraction of sp³-hybridized carbons (Fsp3) is 0. The van der Waals surface area contributed by atoms with E-state index < -0.39 is 0 Å². The summed E-state index contributed by atoms with van der Waals surface area (Å²) in [7, 11) is 0. The third-order valence-electron chi connectivity index (χ3n) is 7.70. The van der Waals surface area contributed by atoms with E-state index in [-0.39, 0.29) is 0 Å². The van der Waals surface area contributed by atoms with Crippen molar-refractivity contribution >= 4 is 42.4 Å². The summed E-state index contributed by atoms with van der Waals surface area (Å²) in [4.78, 5) is 10.4. The molecule has 8 aromatic rings. The first-order chi connectivity index (χ1) is 20.3. The predicted molar refractivity (Wildman–Crippen MR) is 174 cm³/mol. The van der Waals surface area contributed by atoms with E-state index in [1.165, 1.54) is 36.9 Å². The minimum absolute atomic E-state index is 0.749. The number of fused-ring (bicyclic) bond motifs is 4. The fourth-order valence-electron chi connectivity index (χ4n) is 5.70. The van der Waals surface area contributed by atoms with E-state index in [4.69, 9.17) is 9.97 Å². The van der Waals surface area contributed by atoms with E-state index in [0.717, 1.165) is 39.1 Å². The summed E-state index contributed by atoms with van der Waals surface area (Å²) in [5.74, 6) is 0.749. The first-order valence-electron chi connectivity index (χ1n) is 13.8. The zero-order chi connectivity index (χ0) is 27.2. The van der Waals surface area contributed by atoms with Crippen molar-refractivity contribution in [2.75, 3.05) is 0 Å². The number of aromatic nitrogens is 2. The quantitative estimate of drug-likeness (QED) is 0.222. The molecule has 2 nitrogen and oxygen atoms in total. The normalized spacial score (nSPS) is 11.4. The molecule has 0 N–H and O–H groups in total. The second-order valence-electron chi connectivity index (χ2n) is 10.2. The van der Waals surface area contributed by atoms with Gasteiger partial charge in [-0.05, 0) is 46.5 Å². The highest BCUT2D eigenvalue weighted by molar-refractivity contribution is 7.26. The molecule has 0 saturated heterocycles. The average Bonchev–Trinajstić information content (AvgIpc) is 3.43. The van der Waals surface area contributed by atoms with Crippen molar-refractivity contribution in [3.05, 3.63) is 146 Å². The van der Waals surface area contributed by atoms with Crippen LogP contribution < -0.4 is 0 Å². The lowest BCUT2D eigenvalue weighted by Crippen LogP contribution is -1.96. The average molecular weight is 541 g/mol. The number of para-hydroxylation sites is 1. The number of nitrogens with zero attached hydrogens (tertiary/aromatic N) is 2. The van der Waals surface area contributed by atoms with Gasteiger partial charge in [0, 0.05) is 36.7 Å². The third-order valence-corrected chi connectivity index (χ3v) is 8.81. The Kier molecular flexibility index (Phi) is 5.68. The van der Waals surface area contributed by atoms with Crippen LogP contribution in [0.3, 0.4) is 0 Å². The maximum absolute atomic E-state index is 5.26. The van der Waals surface area contributed by atoms with Crippen LogP contribution in [-0.4, -0.2) is 9.97 Å². The van der Waals surface area contributed by atoms with Crippen LogP contribution in [0.15, 0.2) is 146 Å². The van der Waals surface area contributed by atoms with Crippen LogP contribution in [0.4, 0.5) is 0 Å². The standard InChI is InChI=1S/C38H24N2S/c1-3-11-25(12-4-1)26-19-21-27(22-20-26)29-23-32(36-31-16-8-10-18-34(31)41-35(36)24-29)38-39-33-17-9-7-15-30(33)37(40-38)28-13-5-2-6-14-28/h1-24H. The molecule has 0 unspecified atom stereocenters. The number of hydrogen-bond acceptors (Lipinski definition) is 3. The third kappa shape index (κ3) is 4.19. The van der Waals surface area contributed by atoms with Crippen LogP contribution in [-0.2, 0) is 0 Å². The van der Waals surface area contributed by atoms with Gasteiger partial charge in [-0.3, -0.25) is 0 Å². The summed E-state index contributed by atoms with van der Waals surface area (Å²) >= 11 is 1.83. The van der Waals surface area contributed by atoms with Crippen molar-refractivity contribution in [1.29, 1.82) is 0 Å². The summed E-state index contributed by atoms with van der Waals surface area (Å²) in [6, 6.07) is 51.3. The molecule has 3 heteroatoms. The van der Waals surface area contributed by atoms with Gasteiger partial charge in [0.15, 0.2) is 5.82 Å².